The number of nitrogens with zero attached hydrogens (tertiary/aromatic N) is 2. The Kier molecular flexibility index (Phi) is 10.8. The number of pyridine rings is 2. The van der Waals surface area contributed by atoms with E-state index in [1.807, 2.05) is 54.9 Å². The van der Waals surface area contributed by atoms with Gasteiger partial charge in [0.05, 0.1) is 29.5 Å². The fourth-order valence-electron chi connectivity index (χ4n) is 9.87. The predicted octanol–water partition coefficient (Wildman–Crippen LogP) is 16.9. The molecule has 0 fully saturated rings. The van der Waals surface area contributed by atoms with E-state index < -0.39 is 0 Å². The van der Waals surface area contributed by atoms with Gasteiger partial charge < -0.3 is 13.9 Å². The number of aryl methyl sites for hydroxylation is 1. The second kappa shape index (κ2) is 17.8. The number of carbonyl (C=O) groups is 1. The van der Waals surface area contributed by atoms with Crippen LogP contribution in [0.2, 0.25) is 0 Å². The van der Waals surface area contributed by atoms with E-state index in [2.05, 4.69) is 158 Å². The van der Waals surface area contributed by atoms with Crippen LogP contribution in [0.3, 0.4) is 0 Å². The number of fused-ring (bicyclic) bond motifs is 6. The van der Waals surface area contributed by atoms with Gasteiger partial charge in [-0.15, -0.1) is 0 Å². The summed E-state index contributed by atoms with van der Waals surface area (Å²) in [6.07, 6.45) is 5.75. The minimum Gasteiger partial charge on any atom is -0.512 e. The summed E-state index contributed by atoms with van der Waals surface area (Å²) in [7, 11) is 0. The van der Waals surface area contributed by atoms with Crippen molar-refractivity contribution in [3.05, 3.63) is 230 Å². The van der Waals surface area contributed by atoms with Crippen molar-refractivity contribution < 1.29 is 18.7 Å². The smallest absolute Gasteiger partial charge is 0.159 e. The topological polar surface area (TPSA) is 89.4 Å². The molecule has 4 heterocycles. The highest BCUT2D eigenvalue weighted by Crippen LogP contribution is 2.42. The zero-order valence-corrected chi connectivity index (χ0v) is 38.3. The highest BCUT2D eigenvalue weighted by atomic mass is 16.3. The summed E-state index contributed by atoms with van der Waals surface area (Å²) in [5, 5.41) is 14.1. The normalized spacial score (nSPS) is 11.8. The zero-order valence-electron chi connectivity index (χ0n) is 38.3. The molecule has 0 saturated carbocycles. The molecule has 4 aromatic heterocycles. The van der Waals surface area contributed by atoms with Crippen molar-refractivity contribution in [3.63, 3.8) is 0 Å². The molecule has 0 saturated heterocycles. The molecule has 1 N–H and O–H groups in total. The number of para-hydroxylation sites is 2. The van der Waals surface area contributed by atoms with Crippen molar-refractivity contribution in [2.75, 3.05) is 0 Å². The second-order valence-electron chi connectivity index (χ2n) is 17.8. The molecule has 6 heteroatoms. The zero-order chi connectivity index (χ0) is 47.1. The molecule has 70 heavy (non-hydrogen) atoms. The largest absolute Gasteiger partial charge is 0.512 e. The van der Waals surface area contributed by atoms with E-state index in [1.54, 1.807) is 0 Å². The van der Waals surface area contributed by atoms with Gasteiger partial charge in [0.2, 0.25) is 0 Å². The van der Waals surface area contributed by atoms with Gasteiger partial charge >= 0.3 is 0 Å². The lowest BCUT2D eigenvalue weighted by Gasteiger charge is -2.18. The Morgan fingerprint density at radius 3 is 1.29 bits per heavy atom. The number of aromatic nitrogens is 2. The molecule has 0 aliphatic carbocycles. The molecule has 8 aromatic carbocycles. The Balaban J connectivity index is 0.943. The highest BCUT2D eigenvalue weighted by molar-refractivity contribution is 6.07. The number of ketones is 1. The van der Waals surface area contributed by atoms with E-state index in [0.29, 0.717) is 6.42 Å². The number of benzene rings is 8. The quantitative estimate of drug-likeness (QED) is 0.103. The maximum atomic E-state index is 12.8. The van der Waals surface area contributed by atoms with Crippen molar-refractivity contribution in [2.45, 2.75) is 19.8 Å². The van der Waals surface area contributed by atoms with E-state index in [0.717, 1.165) is 128 Å². The molecule has 12 aromatic rings. The third-order valence-corrected chi connectivity index (χ3v) is 13.3. The summed E-state index contributed by atoms with van der Waals surface area (Å²) in [5.74, 6) is -0.0960. The van der Waals surface area contributed by atoms with E-state index in [9.17, 15) is 9.90 Å². The van der Waals surface area contributed by atoms with E-state index in [-0.39, 0.29) is 18.0 Å². The molecule has 0 amide bonds. The molecule has 0 bridgehead atoms. The summed E-state index contributed by atoms with van der Waals surface area (Å²) < 4.78 is 12.1. The first-order chi connectivity index (χ1) is 34.4. The Morgan fingerprint density at radius 2 is 0.814 bits per heavy atom. The lowest BCUT2D eigenvalue weighted by Crippen LogP contribution is -1.99. The first-order valence-corrected chi connectivity index (χ1v) is 23.5. The van der Waals surface area contributed by atoms with Crippen molar-refractivity contribution >= 4 is 49.7 Å². The number of hydrogen-bond donors (Lipinski definition) is 1. The number of aliphatic hydroxyl groups is 1. The Hall–Kier alpha value is -9.13. The first-order valence-electron chi connectivity index (χ1n) is 23.5. The van der Waals surface area contributed by atoms with Gasteiger partial charge in [-0.1, -0.05) is 158 Å². The average Bonchev–Trinajstić information content (AvgIpc) is 3.98. The highest BCUT2D eigenvalue weighted by Gasteiger charge is 2.18. The summed E-state index contributed by atoms with van der Waals surface area (Å²) in [5.41, 5.74) is 18.9. The molecule has 0 radical (unpaired) electrons. The van der Waals surface area contributed by atoms with Crippen LogP contribution in [0.4, 0.5) is 0 Å². The van der Waals surface area contributed by atoms with Crippen LogP contribution in [0.5, 0.6) is 0 Å². The Bertz CT molecular complexity index is 3770. The SMILES string of the molecule is C/C(O)=C/C(=O)CCc1ccccc1-c1cc(-c2ccccc2-c2ccc(-c3cc4c(cn3)oc3ccccc34)cc2)cc(-c2ccccc2-c2ccc(-c3cc4c(cn3)oc3ccccc34)cc2)c1. The monoisotopic (exact) mass is 904 g/mol. The van der Waals surface area contributed by atoms with Crippen LogP contribution in [-0.2, 0) is 11.2 Å². The lowest BCUT2D eigenvalue weighted by atomic mass is 9.86. The summed E-state index contributed by atoms with van der Waals surface area (Å²) in [6, 6.07) is 70.0. The molecule has 0 atom stereocenters. The number of carbonyl (C=O) groups excluding carboxylic acids is 1. The van der Waals surface area contributed by atoms with E-state index >= 15 is 0 Å². The number of allylic oxidation sites excluding steroid dienone is 2. The average molecular weight is 905 g/mol. The van der Waals surface area contributed by atoms with Crippen LogP contribution in [0.25, 0.3) is 122 Å². The van der Waals surface area contributed by atoms with Crippen molar-refractivity contribution in [2.24, 2.45) is 0 Å². The van der Waals surface area contributed by atoms with Crippen LogP contribution < -0.4 is 0 Å². The van der Waals surface area contributed by atoms with Crippen LogP contribution in [0.15, 0.2) is 233 Å². The van der Waals surface area contributed by atoms with Gasteiger partial charge in [0.1, 0.15) is 11.2 Å². The maximum absolute atomic E-state index is 12.8. The molecule has 6 nitrogen and oxygen atoms in total. The van der Waals surface area contributed by atoms with Gasteiger partial charge in [0.15, 0.2) is 16.9 Å². The summed E-state index contributed by atoms with van der Waals surface area (Å²) >= 11 is 0. The van der Waals surface area contributed by atoms with Crippen LogP contribution in [0.1, 0.15) is 18.9 Å². The first kappa shape index (κ1) is 42.2. The minimum absolute atomic E-state index is 0.0135. The van der Waals surface area contributed by atoms with Gasteiger partial charge in [-0.3, -0.25) is 14.8 Å². The van der Waals surface area contributed by atoms with Gasteiger partial charge in [-0.05, 0) is 117 Å². The molecule has 334 valence electrons. The molecule has 0 aliphatic heterocycles. The summed E-state index contributed by atoms with van der Waals surface area (Å²) in [6.45, 7) is 1.53. The molecular formula is C64H44N2O4. The van der Waals surface area contributed by atoms with Crippen LogP contribution in [0, 0.1) is 0 Å². The standard InChI is InChI=1S/C64H44N2O4/c1-40(67)32-49(68)31-30-41-12-2-3-13-50(41)46-33-47(53-16-6-4-14-51(53)42-22-26-44(27-23-42)59-36-57-55-18-8-10-20-61(55)69-63(57)38-65-59)35-48(34-46)54-17-7-5-15-52(54)43-24-28-45(29-25-43)60-37-58-56-19-9-11-21-62(56)70-64(58)39-66-60/h2-29,32-39,67H,30-31H2,1H3/b40-32-. The third-order valence-electron chi connectivity index (χ3n) is 13.3. The number of rotatable bonds is 11. The molecule has 0 aliphatic rings. The fourth-order valence-corrected chi connectivity index (χ4v) is 9.87. The maximum Gasteiger partial charge on any atom is 0.159 e. The molecular weight excluding hydrogens is 861 g/mol. The molecule has 0 unspecified atom stereocenters. The van der Waals surface area contributed by atoms with Crippen LogP contribution >= 0.6 is 0 Å². The van der Waals surface area contributed by atoms with Gasteiger partial charge in [-0.2, -0.15) is 0 Å². The summed E-state index contributed by atoms with van der Waals surface area (Å²) in [4.78, 5) is 22.4. The van der Waals surface area contributed by atoms with Gasteiger partial charge in [-0.25, -0.2) is 0 Å². The number of furan rings is 2. The van der Waals surface area contributed by atoms with Crippen LogP contribution in [-0.4, -0.2) is 20.9 Å². The number of hydrogen-bond acceptors (Lipinski definition) is 6. The Labute approximate surface area is 404 Å². The van der Waals surface area contributed by atoms with E-state index in [4.69, 9.17) is 18.8 Å². The Morgan fingerprint density at radius 1 is 0.429 bits per heavy atom. The van der Waals surface area contributed by atoms with Crippen molar-refractivity contribution in [3.8, 4) is 78.1 Å². The second-order valence-corrected chi connectivity index (χ2v) is 17.8. The lowest BCUT2D eigenvalue weighted by molar-refractivity contribution is -0.114. The minimum atomic E-state index is -0.109. The third kappa shape index (κ3) is 8.01. The van der Waals surface area contributed by atoms with Gasteiger partial charge in [0.25, 0.3) is 0 Å². The van der Waals surface area contributed by atoms with E-state index in [1.165, 1.54) is 13.0 Å². The van der Waals surface area contributed by atoms with Crippen molar-refractivity contribution in [1.29, 1.82) is 0 Å². The fraction of sp³-hybridized carbons (Fsp3) is 0.0469. The van der Waals surface area contributed by atoms with Crippen molar-refractivity contribution in [1.82, 2.24) is 9.97 Å². The van der Waals surface area contributed by atoms with Gasteiger partial charge in [0, 0.05) is 45.2 Å². The molecule has 0 spiro atoms. The molecule has 12 rings (SSSR count). The predicted molar refractivity (Wildman–Crippen MR) is 284 cm³/mol. The number of aliphatic hydroxyl groups excluding tert-OH is 1.